The van der Waals surface area contributed by atoms with E-state index in [-0.39, 0.29) is 6.10 Å². The average molecular weight is 346 g/mol. The van der Waals surface area contributed by atoms with E-state index in [1.54, 1.807) is 0 Å². The van der Waals surface area contributed by atoms with Gasteiger partial charge in [0.2, 0.25) is 5.91 Å². The number of aromatic nitrogens is 2. The average Bonchev–Trinajstić information content (AvgIpc) is 3.16. The van der Waals surface area contributed by atoms with Crippen LogP contribution in [-0.2, 0) is 16.1 Å². The Morgan fingerprint density at radius 1 is 1.12 bits per heavy atom. The van der Waals surface area contributed by atoms with Crippen molar-refractivity contribution in [2.45, 2.75) is 69.7 Å². The van der Waals surface area contributed by atoms with Crippen molar-refractivity contribution in [1.29, 1.82) is 0 Å². The summed E-state index contributed by atoms with van der Waals surface area (Å²) < 4.78 is 7.92. The van der Waals surface area contributed by atoms with Gasteiger partial charge < -0.3 is 9.64 Å². The molecule has 6 heteroatoms. The van der Waals surface area contributed by atoms with Gasteiger partial charge in [0.25, 0.3) is 0 Å². The van der Waals surface area contributed by atoms with E-state index < -0.39 is 0 Å². The summed E-state index contributed by atoms with van der Waals surface area (Å²) >= 11 is 0. The summed E-state index contributed by atoms with van der Waals surface area (Å²) in [6.45, 7) is 3.92. The van der Waals surface area contributed by atoms with E-state index in [0.29, 0.717) is 31.1 Å². The van der Waals surface area contributed by atoms with Crippen LogP contribution in [0.15, 0.2) is 18.5 Å². The maximum absolute atomic E-state index is 13.1. The van der Waals surface area contributed by atoms with Gasteiger partial charge in [0.05, 0.1) is 31.8 Å². The summed E-state index contributed by atoms with van der Waals surface area (Å²) in [5, 5.41) is 4.35. The highest BCUT2D eigenvalue weighted by molar-refractivity contribution is 5.79. The molecule has 3 heterocycles. The highest BCUT2D eigenvalue weighted by Gasteiger charge is 2.37. The third-order valence-corrected chi connectivity index (χ3v) is 6.10. The number of morpholine rings is 1. The van der Waals surface area contributed by atoms with Crippen LogP contribution in [-0.4, -0.2) is 69.9 Å². The number of carbonyl (C=O) groups is 1. The second-order valence-corrected chi connectivity index (χ2v) is 7.70. The molecule has 1 aromatic rings. The summed E-state index contributed by atoms with van der Waals surface area (Å²) in [6, 6.07) is 2.69. The topological polar surface area (TPSA) is 50.6 Å². The molecule has 0 radical (unpaired) electrons. The van der Waals surface area contributed by atoms with Crippen LogP contribution in [0.2, 0.25) is 0 Å². The fourth-order valence-electron chi connectivity index (χ4n) is 4.77. The van der Waals surface area contributed by atoms with Crippen LogP contribution in [0.25, 0.3) is 0 Å². The molecule has 1 aromatic heterocycles. The fourth-order valence-corrected chi connectivity index (χ4v) is 4.77. The number of hydrogen-bond donors (Lipinski definition) is 0. The number of rotatable bonds is 4. The molecule has 0 bridgehead atoms. The zero-order valence-corrected chi connectivity index (χ0v) is 15.1. The van der Waals surface area contributed by atoms with E-state index in [9.17, 15) is 4.79 Å². The summed E-state index contributed by atoms with van der Waals surface area (Å²) in [7, 11) is 0. The third-order valence-electron chi connectivity index (χ3n) is 6.10. The molecule has 2 saturated heterocycles. The van der Waals surface area contributed by atoms with Crippen LogP contribution < -0.4 is 0 Å². The largest absolute Gasteiger partial charge is 0.374 e. The van der Waals surface area contributed by atoms with Gasteiger partial charge in [-0.3, -0.25) is 14.4 Å². The molecule has 1 aliphatic carbocycles. The van der Waals surface area contributed by atoms with Gasteiger partial charge >= 0.3 is 0 Å². The number of likely N-dealkylation sites (tertiary alicyclic amines) is 1. The summed E-state index contributed by atoms with van der Waals surface area (Å²) in [6.07, 6.45) is 12.4. The van der Waals surface area contributed by atoms with E-state index in [1.807, 2.05) is 23.1 Å². The van der Waals surface area contributed by atoms with Crippen molar-refractivity contribution in [3.05, 3.63) is 18.5 Å². The Morgan fingerprint density at radius 2 is 2.00 bits per heavy atom. The highest BCUT2D eigenvalue weighted by atomic mass is 16.5. The monoisotopic (exact) mass is 346 g/mol. The number of nitrogens with zero attached hydrogens (tertiary/aromatic N) is 4. The maximum atomic E-state index is 13.1. The van der Waals surface area contributed by atoms with Crippen molar-refractivity contribution in [2.24, 2.45) is 0 Å². The number of ether oxygens (including phenoxy) is 1. The van der Waals surface area contributed by atoms with Crippen molar-refractivity contribution in [3.63, 3.8) is 0 Å². The smallest absolute Gasteiger partial charge is 0.237 e. The van der Waals surface area contributed by atoms with Crippen molar-refractivity contribution in [1.82, 2.24) is 19.6 Å². The molecular formula is C19H30N4O2. The third kappa shape index (κ3) is 3.90. The molecule has 6 nitrogen and oxygen atoms in total. The molecule has 1 amide bonds. The minimum absolute atomic E-state index is 0.271. The first-order valence-electron chi connectivity index (χ1n) is 9.94. The lowest BCUT2D eigenvalue weighted by Gasteiger charge is -2.45. The minimum atomic E-state index is 0.271. The lowest BCUT2D eigenvalue weighted by Crippen LogP contribution is -2.57. The van der Waals surface area contributed by atoms with E-state index in [2.05, 4.69) is 14.9 Å². The Labute approximate surface area is 150 Å². The van der Waals surface area contributed by atoms with Gasteiger partial charge in [0, 0.05) is 25.0 Å². The molecule has 0 aromatic carbocycles. The Hall–Kier alpha value is -1.40. The molecule has 0 spiro atoms. The van der Waals surface area contributed by atoms with E-state index in [4.69, 9.17) is 4.74 Å². The number of hydrogen-bond acceptors (Lipinski definition) is 4. The van der Waals surface area contributed by atoms with Gasteiger partial charge in [0.1, 0.15) is 0 Å². The fraction of sp³-hybridized carbons (Fsp3) is 0.789. The van der Waals surface area contributed by atoms with Crippen LogP contribution in [0.1, 0.15) is 44.9 Å². The molecule has 2 aliphatic heterocycles. The first-order chi connectivity index (χ1) is 12.3. The molecule has 3 atom stereocenters. The van der Waals surface area contributed by atoms with Crippen LogP contribution in [0, 0.1) is 0 Å². The number of amides is 1. The first-order valence-corrected chi connectivity index (χ1v) is 9.94. The van der Waals surface area contributed by atoms with Gasteiger partial charge in [-0.05, 0) is 38.3 Å². The lowest BCUT2D eigenvalue weighted by molar-refractivity contribution is -0.151. The number of carbonyl (C=O) groups excluding carboxylic acids is 1. The van der Waals surface area contributed by atoms with Crippen molar-refractivity contribution >= 4 is 5.91 Å². The van der Waals surface area contributed by atoms with Crippen LogP contribution >= 0.6 is 0 Å². The highest BCUT2D eigenvalue weighted by Crippen LogP contribution is 2.29. The quantitative estimate of drug-likeness (QED) is 0.836. The Kier molecular flexibility index (Phi) is 5.36. The zero-order valence-electron chi connectivity index (χ0n) is 15.1. The Bertz CT molecular complexity index is 560. The molecule has 0 N–H and O–H groups in total. The van der Waals surface area contributed by atoms with E-state index >= 15 is 0 Å². The van der Waals surface area contributed by atoms with Crippen LogP contribution in [0.4, 0.5) is 0 Å². The maximum Gasteiger partial charge on any atom is 0.237 e. The van der Waals surface area contributed by atoms with Crippen LogP contribution in [0.5, 0.6) is 0 Å². The number of piperidine rings is 1. The van der Waals surface area contributed by atoms with E-state index in [0.717, 1.165) is 38.9 Å². The molecule has 3 fully saturated rings. The molecule has 25 heavy (non-hydrogen) atoms. The van der Waals surface area contributed by atoms with Gasteiger partial charge in [0.15, 0.2) is 0 Å². The van der Waals surface area contributed by atoms with Crippen molar-refractivity contribution in [2.75, 3.05) is 26.2 Å². The second kappa shape index (κ2) is 7.87. The lowest BCUT2D eigenvalue weighted by atomic mass is 9.90. The van der Waals surface area contributed by atoms with Crippen molar-refractivity contribution in [3.8, 4) is 0 Å². The zero-order chi connectivity index (χ0) is 17.1. The Balaban J connectivity index is 1.39. The van der Waals surface area contributed by atoms with Gasteiger partial charge in [-0.25, -0.2) is 0 Å². The normalized spacial score (nSPS) is 30.9. The van der Waals surface area contributed by atoms with Crippen molar-refractivity contribution < 1.29 is 9.53 Å². The number of fused-ring (bicyclic) bond motifs is 1. The van der Waals surface area contributed by atoms with E-state index in [1.165, 1.54) is 25.7 Å². The molecule has 3 aliphatic rings. The standard InChI is InChI=1S/C19H30N4O2/c24-19(23-12-13-25-18-8-2-1-7-17(18)23)15-21-10-4-3-6-16(21)14-22-11-5-9-20-22/h5,9,11,16-18H,1-4,6-8,10,12-15H2. The predicted molar refractivity (Wildman–Crippen MR) is 95.1 cm³/mol. The summed E-state index contributed by atoms with van der Waals surface area (Å²) in [5.74, 6) is 0.299. The summed E-state index contributed by atoms with van der Waals surface area (Å²) in [5.41, 5.74) is 0. The van der Waals surface area contributed by atoms with Gasteiger partial charge in [-0.15, -0.1) is 0 Å². The minimum Gasteiger partial charge on any atom is -0.374 e. The molecular weight excluding hydrogens is 316 g/mol. The van der Waals surface area contributed by atoms with Gasteiger partial charge in [-0.1, -0.05) is 19.3 Å². The Morgan fingerprint density at radius 3 is 2.88 bits per heavy atom. The predicted octanol–water partition coefficient (Wildman–Crippen LogP) is 1.91. The van der Waals surface area contributed by atoms with Crippen LogP contribution in [0.3, 0.4) is 0 Å². The second-order valence-electron chi connectivity index (χ2n) is 7.70. The first kappa shape index (κ1) is 17.0. The van der Waals surface area contributed by atoms with Gasteiger partial charge in [-0.2, -0.15) is 5.10 Å². The molecule has 1 saturated carbocycles. The molecule has 3 unspecified atom stereocenters. The summed E-state index contributed by atoms with van der Waals surface area (Å²) in [4.78, 5) is 17.6. The molecule has 4 rings (SSSR count). The SMILES string of the molecule is O=C(CN1CCCCC1Cn1cccn1)N1CCOC2CCCCC21. The molecule has 138 valence electrons.